The van der Waals surface area contributed by atoms with Gasteiger partial charge in [0.1, 0.15) is 0 Å². The molecule has 5 nitrogen and oxygen atoms in total. The molecule has 0 saturated heterocycles. The lowest BCUT2D eigenvalue weighted by Crippen LogP contribution is -2.30. The second kappa shape index (κ2) is 9.01. The van der Waals surface area contributed by atoms with Crippen LogP contribution in [0, 0.1) is 18.3 Å². The lowest BCUT2D eigenvalue weighted by Gasteiger charge is -2.30. The molecule has 1 aliphatic heterocycles. The van der Waals surface area contributed by atoms with Crippen molar-refractivity contribution in [2.75, 3.05) is 0 Å². The fraction of sp³-hybridized carbons (Fsp3) is 0.269. The zero-order chi connectivity index (χ0) is 22.7. The van der Waals surface area contributed by atoms with E-state index in [0.717, 1.165) is 28.5 Å². The summed E-state index contributed by atoms with van der Waals surface area (Å²) in [7, 11) is 0. The lowest BCUT2D eigenvalue weighted by molar-refractivity contribution is -0.143. The maximum Gasteiger partial charge on any atom is 0.337 e. The predicted molar refractivity (Wildman–Crippen MR) is 120 cm³/mol. The molecule has 1 N–H and O–H groups in total. The maximum atomic E-state index is 13.1. The number of ether oxygens (including phenoxy) is 1. The van der Waals surface area contributed by atoms with Gasteiger partial charge < -0.3 is 10.1 Å². The molecular weight excluding hydrogens is 388 g/mol. The van der Waals surface area contributed by atoms with E-state index in [2.05, 4.69) is 11.4 Å². The van der Waals surface area contributed by atoms with E-state index in [0.29, 0.717) is 28.1 Å². The first-order chi connectivity index (χ1) is 14.8. The van der Waals surface area contributed by atoms with Crippen LogP contribution in [0.3, 0.4) is 0 Å². The molecular formula is C26H26N2O3. The summed E-state index contributed by atoms with van der Waals surface area (Å²) in [5.74, 6) is -1.12. The maximum absolute atomic E-state index is 13.1. The van der Waals surface area contributed by atoms with Gasteiger partial charge in [0.2, 0.25) is 0 Å². The molecule has 0 amide bonds. The van der Waals surface area contributed by atoms with E-state index in [1.165, 1.54) is 0 Å². The second-order valence-corrected chi connectivity index (χ2v) is 7.95. The van der Waals surface area contributed by atoms with Gasteiger partial charge in [-0.25, -0.2) is 4.79 Å². The van der Waals surface area contributed by atoms with Crippen molar-refractivity contribution in [3.8, 4) is 17.2 Å². The Morgan fingerprint density at radius 3 is 2.42 bits per heavy atom. The first kappa shape index (κ1) is 22.0. The normalized spacial score (nSPS) is 16.1. The van der Waals surface area contributed by atoms with Gasteiger partial charge in [-0.2, -0.15) is 5.26 Å². The number of nitriles is 1. The van der Waals surface area contributed by atoms with Crippen molar-refractivity contribution >= 4 is 12.3 Å². The molecule has 0 aliphatic carbocycles. The summed E-state index contributed by atoms with van der Waals surface area (Å²) in [4.78, 5) is 25.1. The number of carbonyl (C=O) groups is 2. The summed E-state index contributed by atoms with van der Waals surface area (Å²) in [5.41, 5.74) is 5.98. The molecule has 158 valence electrons. The molecule has 0 spiro atoms. The van der Waals surface area contributed by atoms with Gasteiger partial charge in [-0.15, -0.1) is 0 Å². The topological polar surface area (TPSA) is 79.2 Å². The number of rotatable bonds is 5. The van der Waals surface area contributed by atoms with E-state index in [-0.39, 0.29) is 6.10 Å². The minimum Gasteiger partial charge on any atom is -0.460 e. The van der Waals surface area contributed by atoms with E-state index in [1.807, 2.05) is 44.2 Å². The van der Waals surface area contributed by atoms with Gasteiger partial charge >= 0.3 is 5.97 Å². The zero-order valence-corrected chi connectivity index (χ0v) is 18.4. The van der Waals surface area contributed by atoms with Crippen molar-refractivity contribution in [3.05, 3.63) is 81.7 Å². The number of allylic oxidation sites excluding steroid dienone is 3. The summed E-state index contributed by atoms with van der Waals surface area (Å²) < 4.78 is 5.53. The Kier molecular flexibility index (Phi) is 6.41. The quantitative estimate of drug-likeness (QED) is 0.538. The lowest BCUT2D eigenvalue weighted by atomic mass is 9.76. The van der Waals surface area contributed by atoms with Crippen LogP contribution < -0.4 is 5.32 Å². The minimum atomic E-state index is -0.646. The van der Waals surface area contributed by atoms with E-state index in [4.69, 9.17) is 4.74 Å². The van der Waals surface area contributed by atoms with Crippen LogP contribution in [0.25, 0.3) is 11.1 Å². The smallest absolute Gasteiger partial charge is 0.337 e. The molecule has 0 fully saturated rings. The Bertz CT molecular complexity index is 1150. The highest BCUT2D eigenvalue weighted by molar-refractivity contribution is 5.96. The molecule has 1 aliphatic rings. The Morgan fingerprint density at radius 1 is 1.10 bits per heavy atom. The Hall–Kier alpha value is -3.65. The van der Waals surface area contributed by atoms with Gasteiger partial charge in [0.25, 0.3) is 0 Å². The summed E-state index contributed by atoms with van der Waals surface area (Å²) in [6.07, 6.45) is 0.514. The second-order valence-electron chi connectivity index (χ2n) is 7.95. The number of nitrogens with one attached hydrogen (secondary N) is 1. The number of hydrogen-bond acceptors (Lipinski definition) is 5. The molecule has 0 saturated carbocycles. The van der Waals surface area contributed by atoms with E-state index in [9.17, 15) is 14.9 Å². The van der Waals surface area contributed by atoms with Gasteiger partial charge in [-0.1, -0.05) is 42.5 Å². The molecule has 2 aromatic carbocycles. The summed E-state index contributed by atoms with van der Waals surface area (Å²) >= 11 is 0. The average Bonchev–Trinajstić information content (AvgIpc) is 2.72. The SMILES string of the molecule is CC1=C(C#N)C(c2cccc(C=O)c2-c2ccccc2C)C(C(=O)OC(C)C)=C(C)N1. The Balaban J connectivity index is 2.36. The number of dihydropyridines is 1. The van der Waals surface area contributed by atoms with Crippen LogP contribution in [0.1, 0.15) is 55.1 Å². The van der Waals surface area contributed by atoms with Crippen LogP contribution in [0.15, 0.2) is 65.0 Å². The van der Waals surface area contributed by atoms with Gasteiger partial charge in [0.05, 0.1) is 29.2 Å². The molecule has 0 aromatic heterocycles. The van der Waals surface area contributed by atoms with Crippen molar-refractivity contribution in [1.29, 1.82) is 5.26 Å². The van der Waals surface area contributed by atoms with Crippen LogP contribution in [0.2, 0.25) is 0 Å². The van der Waals surface area contributed by atoms with Crippen LogP contribution in [-0.4, -0.2) is 18.4 Å². The monoisotopic (exact) mass is 414 g/mol. The molecule has 31 heavy (non-hydrogen) atoms. The third kappa shape index (κ3) is 4.15. The number of nitrogens with zero attached hydrogens (tertiary/aromatic N) is 1. The molecule has 3 rings (SSSR count). The van der Waals surface area contributed by atoms with Crippen molar-refractivity contribution in [1.82, 2.24) is 5.32 Å². The van der Waals surface area contributed by atoms with Crippen molar-refractivity contribution in [3.63, 3.8) is 0 Å². The van der Waals surface area contributed by atoms with E-state index >= 15 is 0 Å². The van der Waals surface area contributed by atoms with Crippen LogP contribution >= 0.6 is 0 Å². The molecule has 5 heteroatoms. The highest BCUT2D eigenvalue weighted by atomic mass is 16.5. The van der Waals surface area contributed by atoms with Crippen LogP contribution in [-0.2, 0) is 9.53 Å². The minimum absolute atomic E-state index is 0.303. The standard InChI is InChI=1S/C26H26N2O3/c1-15(2)31-26(30)23-18(5)28-17(4)22(13-27)25(23)21-12-8-10-19(14-29)24(21)20-11-7-6-9-16(20)3/h6-12,14-15,25,28H,1-5H3. The zero-order valence-electron chi connectivity index (χ0n) is 18.4. The molecule has 1 atom stereocenters. The third-order valence-corrected chi connectivity index (χ3v) is 5.42. The van der Waals surface area contributed by atoms with Crippen LogP contribution in [0.4, 0.5) is 0 Å². The van der Waals surface area contributed by atoms with Gasteiger partial charge in [-0.05, 0) is 56.9 Å². The van der Waals surface area contributed by atoms with Gasteiger partial charge in [-0.3, -0.25) is 4.79 Å². The fourth-order valence-electron chi connectivity index (χ4n) is 4.09. The van der Waals surface area contributed by atoms with Crippen molar-refractivity contribution < 1.29 is 14.3 Å². The van der Waals surface area contributed by atoms with Gasteiger partial charge in [0.15, 0.2) is 6.29 Å². The summed E-state index contributed by atoms with van der Waals surface area (Å²) in [5, 5.41) is 13.2. The van der Waals surface area contributed by atoms with Crippen molar-refractivity contribution in [2.45, 2.75) is 46.6 Å². The number of carbonyl (C=O) groups excluding carboxylic acids is 2. The van der Waals surface area contributed by atoms with Crippen LogP contribution in [0.5, 0.6) is 0 Å². The van der Waals surface area contributed by atoms with E-state index in [1.54, 1.807) is 32.9 Å². The van der Waals surface area contributed by atoms with Crippen molar-refractivity contribution in [2.24, 2.45) is 0 Å². The fourth-order valence-corrected chi connectivity index (χ4v) is 4.09. The largest absolute Gasteiger partial charge is 0.460 e. The van der Waals surface area contributed by atoms with Gasteiger partial charge in [0, 0.05) is 17.0 Å². The molecule has 1 unspecified atom stereocenters. The first-order valence-electron chi connectivity index (χ1n) is 10.2. The Labute approximate surface area is 183 Å². The molecule has 0 radical (unpaired) electrons. The number of esters is 1. The Morgan fingerprint density at radius 2 is 1.81 bits per heavy atom. The average molecular weight is 415 g/mol. The molecule has 0 bridgehead atoms. The molecule has 1 heterocycles. The van der Waals surface area contributed by atoms with E-state index < -0.39 is 11.9 Å². The highest BCUT2D eigenvalue weighted by Gasteiger charge is 2.36. The predicted octanol–water partition coefficient (Wildman–Crippen LogP) is 5.18. The first-order valence-corrected chi connectivity index (χ1v) is 10.2. The number of hydrogen-bond donors (Lipinski definition) is 1. The highest BCUT2D eigenvalue weighted by Crippen LogP contribution is 2.43. The summed E-state index contributed by atoms with van der Waals surface area (Å²) in [6.45, 7) is 9.17. The summed E-state index contributed by atoms with van der Waals surface area (Å²) in [6, 6.07) is 15.5. The number of aryl methyl sites for hydroxylation is 1. The molecule has 2 aromatic rings. The number of benzene rings is 2. The third-order valence-electron chi connectivity index (χ3n) is 5.42. The number of aldehydes is 1.